The molecule has 2 aromatic carbocycles. The molecular weight excluding hydrogens is 330 g/mol. The first-order valence-corrected chi connectivity index (χ1v) is 7.72. The quantitative estimate of drug-likeness (QED) is 0.928. The molecule has 0 radical (unpaired) electrons. The van der Waals surface area contributed by atoms with Crippen molar-refractivity contribution in [1.29, 1.82) is 0 Å². The molecule has 0 atom stereocenters. The molecule has 0 saturated heterocycles. The summed E-state index contributed by atoms with van der Waals surface area (Å²) in [6.07, 6.45) is 0. The van der Waals surface area contributed by atoms with Crippen molar-refractivity contribution in [2.24, 2.45) is 0 Å². The minimum Gasteiger partial charge on any atom is -0.497 e. The lowest BCUT2D eigenvalue weighted by atomic mass is 10.3. The highest BCUT2D eigenvalue weighted by Crippen LogP contribution is 2.25. The van der Waals surface area contributed by atoms with Crippen LogP contribution in [0.15, 0.2) is 57.9 Å². The monoisotopic (exact) mass is 341 g/mol. The predicted octanol–water partition coefficient (Wildman–Crippen LogP) is 3.26. The van der Waals surface area contributed by atoms with Gasteiger partial charge in [0.25, 0.3) is 10.0 Å². The van der Waals surface area contributed by atoms with Gasteiger partial charge in [0, 0.05) is 4.47 Å². The Morgan fingerprint density at radius 1 is 1.05 bits per heavy atom. The van der Waals surface area contributed by atoms with Gasteiger partial charge in [0.15, 0.2) is 0 Å². The van der Waals surface area contributed by atoms with Crippen LogP contribution in [0.1, 0.15) is 0 Å². The highest BCUT2D eigenvalue weighted by molar-refractivity contribution is 9.10. The first-order valence-electron chi connectivity index (χ1n) is 5.44. The van der Waals surface area contributed by atoms with Crippen LogP contribution in [0.2, 0.25) is 0 Å². The number of methoxy groups -OCH3 is 1. The molecule has 19 heavy (non-hydrogen) atoms. The summed E-state index contributed by atoms with van der Waals surface area (Å²) >= 11 is 3.30. The third kappa shape index (κ3) is 3.27. The molecule has 0 fully saturated rings. The van der Waals surface area contributed by atoms with Crippen molar-refractivity contribution in [3.63, 3.8) is 0 Å². The SMILES string of the molecule is COc1ccc(S(=O)(=O)Nc2ccccc2Br)cc1. The van der Waals surface area contributed by atoms with Crippen LogP contribution in [-0.2, 0) is 10.0 Å². The van der Waals surface area contributed by atoms with Gasteiger partial charge in [-0.05, 0) is 52.3 Å². The lowest BCUT2D eigenvalue weighted by Gasteiger charge is -2.10. The zero-order valence-electron chi connectivity index (χ0n) is 10.1. The molecule has 2 rings (SSSR count). The minimum atomic E-state index is -3.60. The van der Waals surface area contributed by atoms with Gasteiger partial charge in [-0.25, -0.2) is 8.42 Å². The molecular formula is C13H12BrNO3S. The smallest absolute Gasteiger partial charge is 0.261 e. The number of hydrogen-bond donors (Lipinski definition) is 1. The molecule has 0 aromatic heterocycles. The predicted molar refractivity (Wildman–Crippen MR) is 77.9 cm³/mol. The molecule has 0 spiro atoms. The summed E-state index contributed by atoms with van der Waals surface area (Å²) in [6, 6.07) is 13.2. The highest BCUT2D eigenvalue weighted by atomic mass is 79.9. The van der Waals surface area contributed by atoms with Crippen LogP contribution in [0, 0.1) is 0 Å². The van der Waals surface area contributed by atoms with Gasteiger partial charge in [0.1, 0.15) is 5.75 Å². The van der Waals surface area contributed by atoms with E-state index in [0.29, 0.717) is 15.9 Å². The maximum Gasteiger partial charge on any atom is 0.261 e. The third-order valence-corrected chi connectivity index (χ3v) is 4.56. The Hall–Kier alpha value is -1.53. The fourth-order valence-corrected chi connectivity index (χ4v) is 3.10. The molecule has 2 aromatic rings. The Labute approximate surface area is 120 Å². The van der Waals surface area contributed by atoms with Crippen LogP contribution >= 0.6 is 15.9 Å². The number of halogens is 1. The number of benzene rings is 2. The van der Waals surface area contributed by atoms with E-state index in [2.05, 4.69) is 20.7 Å². The van der Waals surface area contributed by atoms with E-state index in [4.69, 9.17) is 4.74 Å². The number of sulfonamides is 1. The fourth-order valence-electron chi connectivity index (χ4n) is 1.50. The van der Waals surface area contributed by atoms with E-state index in [1.54, 1.807) is 30.3 Å². The molecule has 1 N–H and O–H groups in total. The lowest BCUT2D eigenvalue weighted by Crippen LogP contribution is -2.13. The van der Waals surface area contributed by atoms with E-state index in [1.165, 1.54) is 19.2 Å². The van der Waals surface area contributed by atoms with Gasteiger partial charge in [-0.15, -0.1) is 0 Å². The Bertz CT molecular complexity index is 669. The van der Waals surface area contributed by atoms with Crippen LogP contribution in [-0.4, -0.2) is 15.5 Å². The van der Waals surface area contributed by atoms with Gasteiger partial charge in [-0.3, -0.25) is 4.72 Å². The van der Waals surface area contributed by atoms with Crippen molar-refractivity contribution in [2.45, 2.75) is 4.90 Å². The Morgan fingerprint density at radius 2 is 1.68 bits per heavy atom. The van der Waals surface area contributed by atoms with E-state index in [0.717, 1.165) is 0 Å². The van der Waals surface area contributed by atoms with Gasteiger partial charge in [0.2, 0.25) is 0 Å². The molecule has 0 aliphatic carbocycles. The van der Waals surface area contributed by atoms with Crippen LogP contribution in [0.4, 0.5) is 5.69 Å². The molecule has 0 aliphatic rings. The van der Waals surface area contributed by atoms with E-state index in [1.807, 2.05) is 6.07 Å². The van der Waals surface area contributed by atoms with Crippen molar-refractivity contribution < 1.29 is 13.2 Å². The second kappa shape index (κ2) is 5.63. The fraction of sp³-hybridized carbons (Fsp3) is 0.0769. The molecule has 0 heterocycles. The summed E-state index contributed by atoms with van der Waals surface area (Å²) in [5, 5.41) is 0. The lowest BCUT2D eigenvalue weighted by molar-refractivity contribution is 0.414. The normalized spacial score (nSPS) is 11.1. The van der Waals surface area contributed by atoms with E-state index < -0.39 is 10.0 Å². The Kier molecular flexibility index (Phi) is 4.11. The number of anilines is 1. The zero-order valence-corrected chi connectivity index (χ0v) is 12.5. The number of para-hydroxylation sites is 1. The minimum absolute atomic E-state index is 0.184. The second-order valence-corrected chi connectivity index (χ2v) is 6.30. The second-order valence-electron chi connectivity index (χ2n) is 3.76. The largest absolute Gasteiger partial charge is 0.497 e. The van der Waals surface area contributed by atoms with Crippen molar-refractivity contribution in [3.8, 4) is 5.75 Å². The number of rotatable bonds is 4. The Balaban J connectivity index is 2.30. The summed E-state index contributed by atoms with van der Waals surface area (Å²) in [5.41, 5.74) is 0.498. The first-order chi connectivity index (χ1) is 9.03. The molecule has 6 heteroatoms. The van der Waals surface area contributed by atoms with Gasteiger partial charge in [0.05, 0.1) is 17.7 Å². The third-order valence-electron chi connectivity index (χ3n) is 2.49. The summed E-state index contributed by atoms with van der Waals surface area (Å²) in [7, 11) is -2.07. The van der Waals surface area contributed by atoms with Crippen molar-refractivity contribution in [2.75, 3.05) is 11.8 Å². The van der Waals surface area contributed by atoms with Crippen LogP contribution in [0.5, 0.6) is 5.75 Å². The van der Waals surface area contributed by atoms with Crippen LogP contribution in [0.25, 0.3) is 0 Å². The van der Waals surface area contributed by atoms with E-state index >= 15 is 0 Å². The molecule has 0 aliphatic heterocycles. The topological polar surface area (TPSA) is 55.4 Å². The molecule has 0 amide bonds. The molecule has 100 valence electrons. The first kappa shape index (κ1) is 13.9. The van der Waals surface area contributed by atoms with E-state index in [-0.39, 0.29) is 4.90 Å². The van der Waals surface area contributed by atoms with Crippen molar-refractivity contribution >= 4 is 31.6 Å². The number of hydrogen-bond acceptors (Lipinski definition) is 3. The summed E-state index contributed by atoms with van der Waals surface area (Å²) in [5.74, 6) is 0.611. The molecule has 0 unspecified atom stereocenters. The van der Waals surface area contributed by atoms with Crippen LogP contribution < -0.4 is 9.46 Å². The summed E-state index contributed by atoms with van der Waals surface area (Å²) < 4.78 is 32.6. The average molecular weight is 342 g/mol. The van der Waals surface area contributed by atoms with Crippen LogP contribution in [0.3, 0.4) is 0 Å². The summed E-state index contributed by atoms with van der Waals surface area (Å²) in [6.45, 7) is 0. The molecule has 0 bridgehead atoms. The molecule has 4 nitrogen and oxygen atoms in total. The highest BCUT2D eigenvalue weighted by Gasteiger charge is 2.15. The van der Waals surface area contributed by atoms with Gasteiger partial charge < -0.3 is 4.74 Å². The number of ether oxygens (including phenoxy) is 1. The van der Waals surface area contributed by atoms with Gasteiger partial charge in [-0.1, -0.05) is 12.1 Å². The molecule has 0 saturated carbocycles. The van der Waals surface area contributed by atoms with Gasteiger partial charge in [-0.2, -0.15) is 0 Å². The summed E-state index contributed by atoms with van der Waals surface area (Å²) in [4.78, 5) is 0.184. The maximum atomic E-state index is 12.2. The van der Waals surface area contributed by atoms with Crippen molar-refractivity contribution in [3.05, 3.63) is 53.0 Å². The van der Waals surface area contributed by atoms with E-state index in [9.17, 15) is 8.42 Å². The standard InChI is InChI=1S/C13H12BrNO3S/c1-18-10-6-8-11(9-7-10)19(16,17)15-13-5-3-2-4-12(13)14/h2-9,15H,1H3. The average Bonchev–Trinajstić information content (AvgIpc) is 2.41. The number of nitrogens with one attached hydrogen (secondary N) is 1. The maximum absolute atomic E-state index is 12.2. The van der Waals surface area contributed by atoms with Crippen molar-refractivity contribution in [1.82, 2.24) is 0 Å². The Morgan fingerprint density at radius 3 is 2.26 bits per heavy atom. The zero-order chi connectivity index (χ0) is 13.9. The van der Waals surface area contributed by atoms with Gasteiger partial charge >= 0.3 is 0 Å².